The standard InChI is InChI=1S/C19H31N5O2/c1-3-20-19(21-9-10-22(4-2)16-7-8-16)24-13-11-23(12-14-24)18(25)17-6-5-15-26-17/h5-6,15-16H,3-4,7-14H2,1-2H3,(H,20,21). The lowest BCUT2D eigenvalue weighted by molar-refractivity contribution is 0.0657. The SMILES string of the molecule is CCNC(=NCCN(CC)C1CC1)N1CCN(C(=O)c2ccco2)CC1. The van der Waals surface area contributed by atoms with E-state index in [1.54, 1.807) is 18.4 Å². The topological polar surface area (TPSA) is 64.3 Å². The van der Waals surface area contributed by atoms with Gasteiger partial charge in [0, 0.05) is 45.3 Å². The summed E-state index contributed by atoms with van der Waals surface area (Å²) in [5.41, 5.74) is 0. The number of rotatable bonds is 7. The van der Waals surface area contributed by atoms with Crippen molar-refractivity contribution in [2.45, 2.75) is 32.7 Å². The molecule has 0 radical (unpaired) electrons. The molecule has 0 spiro atoms. The van der Waals surface area contributed by atoms with Gasteiger partial charge in [-0.1, -0.05) is 6.92 Å². The number of carbonyl (C=O) groups excluding carboxylic acids is 1. The second-order valence-electron chi connectivity index (χ2n) is 6.85. The van der Waals surface area contributed by atoms with E-state index in [1.165, 1.54) is 12.8 Å². The van der Waals surface area contributed by atoms with Gasteiger partial charge in [-0.25, -0.2) is 0 Å². The van der Waals surface area contributed by atoms with Crippen LogP contribution in [0.2, 0.25) is 0 Å². The van der Waals surface area contributed by atoms with Crippen molar-refractivity contribution >= 4 is 11.9 Å². The number of nitrogens with one attached hydrogen (secondary N) is 1. The van der Waals surface area contributed by atoms with Crippen molar-refractivity contribution in [3.63, 3.8) is 0 Å². The summed E-state index contributed by atoms with van der Waals surface area (Å²) in [6, 6.07) is 4.26. The number of likely N-dealkylation sites (N-methyl/N-ethyl adjacent to an activating group) is 1. The van der Waals surface area contributed by atoms with E-state index in [0.29, 0.717) is 18.8 Å². The van der Waals surface area contributed by atoms with Crippen LogP contribution in [0.15, 0.2) is 27.8 Å². The molecule has 26 heavy (non-hydrogen) atoms. The monoisotopic (exact) mass is 361 g/mol. The van der Waals surface area contributed by atoms with Crippen LogP contribution in [0.4, 0.5) is 0 Å². The molecule has 1 saturated heterocycles. The number of amides is 1. The highest BCUT2D eigenvalue weighted by Gasteiger charge is 2.28. The summed E-state index contributed by atoms with van der Waals surface area (Å²) in [6.07, 6.45) is 4.22. The second-order valence-corrected chi connectivity index (χ2v) is 6.85. The minimum Gasteiger partial charge on any atom is -0.459 e. The molecule has 1 aliphatic carbocycles. The summed E-state index contributed by atoms with van der Waals surface area (Å²) in [4.78, 5) is 23.8. The van der Waals surface area contributed by atoms with E-state index in [0.717, 1.165) is 51.3 Å². The second kappa shape index (κ2) is 9.07. The van der Waals surface area contributed by atoms with E-state index in [9.17, 15) is 4.79 Å². The lowest BCUT2D eigenvalue weighted by atomic mass is 10.3. The van der Waals surface area contributed by atoms with E-state index < -0.39 is 0 Å². The Labute approximate surface area is 156 Å². The predicted octanol–water partition coefficient (Wildman–Crippen LogP) is 1.49. The minimum atomic E-state index is -0.0281. The average molecular weight is 361 g/mol. The van der Waals surface area contributed by atoms with Crippen LogP contribution >= 0.6 is 0 Å². The summed E-state index contributed by atoms with van der Waals surface area (Å²) in [5.74, 6) is 1.35. The summed E-state index contributed by atoms with van der Waals surface area (Å²) in [6.45, 7) is 11.1. The first kappa shape index (κ1) is 18.8. The Hall–Kier alpha value is -2.02. The summed E-state index contributed by atoms with van der Waals surface area (Å²) >= 11 is 0. The van der Waals surface area contributed by atoms with Crippen LogP contribution in [0.25, 0.3) is 0 Å². The van der Waals surface area contributed by atoms with Crippen LogP contribution < -0.4 is 5.32 Å². The highest BCUT2D eigenvalue weighted by atomic mass is 16.3. The Morgan fingerprint density at radius 3 is 2.58 bits per heavy atom. The zero-order valence-electron chi connectivity index (χ0n) is 16.0. The molecule has 0 bridgehead atoms. The van der Waals surface area contributed by atoms with E-state index in [4.69, 9.17) is 9.41 Å². The van der Waals surface area contributed by atoms with Gasteiger partial charge in [-0.3, -0.25) is 14.7 Å². The van der Waals surface area contributed by atoms with Gasteiger partial charge in [0.2, 0.25) is 0 Å². The molecule has 7 heteroatoms. The first-order valence-electron chi connectivity index (χ1n) is 9.83. The molecule has 7 nitrogen and oxygen atoms in total. The van der Waals surface area contributed by atoms with E-state index in [2.05, 4.69) is 29.0 Å². The van der Waals surface area contributed by atoms with Crippen molar-refractivity contribution in [3.8, 4) is 0 Å². The third-order valence-electron chi connectivity index (χ3n) is 5.05. The van der Waals surface area contributed by atoms with E-state index >= 15 is 0 Å². The fourth-order valence-electron chi connectivity index (χ4n) is 3.43. The van der Waals surface area contributed by atoms with Gasteiger partial charge in [0.1, 0.15) is 0 Å². The maximum Gasteiger partial charge on any atom is 0.289 e. The summed E-state index contributed by atoms with van der Waals surface area (Å²) < 4.78 is 5.23. The highest BCUT2D eigenvalue weighted by molar-refractivity contribution is 5.91. The first-order chi connectivity index (χ1) is 12.7. The van der Waals surface area contributed by atoms with Crippen LogP contribution in [-0.2, 0) is 0 Å². The Morgan fingerprint density at radius 1 is 1.27 bits per heavy atom. The molecule has 1 amide bonds. The molecule has 2 aliphatic rings. The van der Waals surface area contributed by atoms with Gasteiger partial charge in [0.15, 0.2) is 11.7 Å². The molecule has 2 fully saturated rings. The maximum absolute atomic E-state index is 12.4. The van der Waals surface area contributed by atoms with Crippen molar-refractivity contribution < 1.29 is 9.21 Å². The van der Waals surface area contributed by atoms with Crippen LogP contribution in [-0.4, -0.2) is 85.0 Å². The number of guanidine groups is 1. The molecule has 0 aromatic carbocycles. The molecule has 1 aliphatic heterocycles. The van der Waals surface area contributed by atoms with Gasteiger partial charge in [-0.05, 0) is 38.4 Å². The quantitative estimate of drug-likeness (QED) is 0.589. The number of aliphatic imine (C=N–C) groups is 1. The molecule has 0 atom stereocenters. The lowest BCUT2D eigenvalue weighted by Crippen LogP contribution is -2.53. The molecule has 1 aromatic rings. The van der Waals surface area contributed by atoms with Gasteiger partial charge < -0.3 is 19.5 Å². The molecule has 144 valence electrons. The van der Waals surface area contributed by atoms with Gasteiger partial charge in [-0.2, -0.15) is 0 Å². The molecular formula is C19H31N5O2. The summed E-state index contributed by atoms with van der Waals surface area (Å²) in [7, 11) is 0. The number of furan rings is 1. The van der Waals surface area contributed by atoms with Crippen molar-refractivity contribution in [2.24, 2.45) is 4.99 Å². The smallest absolute Gasteiger partial charge is 0.289 e. The van der Waals surface area contributed by atoms with Gasteiger partial charge in [0.05, 0.1) is 12.8 Å². The van der Waals surface area contributed by atoms with E-state index in [1.807, 2.05) is 4.90 Å². The van der Waals surface area contributed by atoms with Crippen molar-refractivity contribution in [2.75, 3.05) is 52.4 Å². The molecule has 1 N–H and O–H groups in total. The first-order valence-corrected chi connectivity index (χ1v) is 9.83. The largest absolute Gasteiger partial charge is 0.459 e. The van der Waals surface area contributed by atoms with Crippen molar-refractivity contribution in [3.05, 3.63) is 24.2 Å². The Morgan fingerprint density at radius 2 is 2.00 bits per heavy atom. The third kappa shape index (κ3) is 4.78. The Bertz CT molecular complexity index is 589. The zero-order valence-corrected chi connectivity index (χ0v) is 16.0. The molecule has 1 saturated carbocycles. The number of hydrogen-bond donors (Lipinski definition) is 1. The van der Waals surface area contributed by atoms with Crippen molar-refractivity contribution in [1.29, 1.82) is 0 Å². The molecule has 2 heterocycles. The summed E-state index contributed by atoms with van der Waals surface area (Å²) in [5, 5.41) is 3.40. The third-order valence-corrected chi connectivity index (χ3v) is 5.05. The molecular weight excluding hydrogens is 330 g/mol. The van der Waals surface area contributed by atoms with Crippen LogP contribution in [0, 0.1) is 0 Å². The number of piperazine rings is 1. The van der Waals surface area contributed by atoms with Gasteiger partial charge in [0.25, 0.3) is 5.91 Å². The predicted molar refractivity (Wildman–Crippen MR) is 102 cm³/mol. The molecule has 1 aromatic heterocycles. The van der Waals surface area contributed by atoms with Crippen molar-refractivity contribution in [1.82, 2.24) is 20.0 Å². The van der Waals surface area contributed by atoms with Gasteiger partial charge >= 0.3 is 0 Å². The fourth-order valence-corrected chi connectivity index (χ4v) is 3.43. The number of hydrogen-bond acceptors (Lipinski definition) is 4. The number of carbonyl (C=O) groups is 1. The Balaban J connectivity index is 1.50. The highest BCUT2D eigenvalue weighted by Crippen LogP contribution is 2.25. The average Bonchev–Trinajstić information content (AvgIpc) is 3.36. The van der Waals surface area contributed by atoms with E-state index in [-0.39, 0.29) is 5.91 Å². The normalized spacial score (nSPS) is 18.5. The zero-order chi connectivity index (χ0) is 18.4. The Kier molecular flexibility index (Phi) is 6.55. The number of nitrogens with zero attached hydrogens (tertiary/aromatic N) is 4. The van der Waals surface area contributed by atoms with Crippen LogP contribution in [0.5, 0.6) is 0 Å². The molecule has 3 rings (SSSR count). The van der Waals surface area contributed by atoms with Crippen LogP contribution in [0.3, 0.4) is 0 Å². The lowest BCUT2D eigenvalue weighted by Gasteiger charge is -2.36. The maximum atomic E-state index is 12.4. The van der Waals surface area contributed by atoms with Crippen LogP contribution in [0.1, 0.15) is 37.2 Å². The van der Waals surface area contributed by atoms with Gasteiger partial charge in [-0.15, -0.1) is 0 Å². The minimum absolute atomic E-state index is 0.0281. The molecule has 0 unspecified atom stereocenters. The fraction of sp³-hybridized carbons (Fsp3) is 0.684.